The number of likely N-dealkylation sites (N-methyl/N-ethyl adjacent to an activating group) is 1. The molecule has 0 aromatic rings. The van der Waals surface area contributed by atoms with Crippen molar-refractivity contribution in [1.82, 2.24) is 0 Å². The van der Waals surface area contributed by atoms with Crippen LogP contribution in [0, 0.1) is 0 Å². The lowest BCUT2D eigenvalue weighted by molar-refractivity contribution is -0.870. The van der Waals surface area contributed by atoms with E-state index in [0.29, 0.717) is 24.1 Å². The SMILES string of the molecule is CC/C=C\C/C=C\C/C=C\CCCCCCOCC(COP(=O)([O-])OCC[N+](C)(C)C)OC(=O)CCCCCCCCCCCCCCCCC. The van der Waals surface area contributed by atoms with Gasteiger partial charge in [0.2, 0.25) is 0 Å². The van der Waals surface area contributed by atoms with E-state index in [0.717, 1.165) is 70.6 Å². The summed E-state index contributed by atoms with van der Waals surface area (Å²) in [4.78, 5) is 25.0. The fourth-order valence-corrected chi connectivity index (χ4v) is 6.23. The third-order valence-corrected chi connectivity index (χ3v) is 9.67. The van der Waals surface area contributed by atoms with Gasteiger partial charge in [0.25, 0.3) is 7.82 Å². The van der Waals surface area contributed by atoms with Crippen LogP contribution in [0.2, 0.25) is 0 Å². The van der Waals surface area contributed by atoms with Crippen LogP contribution in [-0.4, -0.2) is 70.7 Å². The van der Waals surface area contributed by atoms with E-state index in [-0.39, 0.29) is 25.8 Å². The number of unbranched alkanes of at least 4 members (excludes halogenated alkanes) is 18. The zero-order valence-electron chi connectivity index (χ0n) is 33.8. The maximum atomic E-state index is 12.6. The van der Waals surface area contributed by atoms with Crippen molar-refractivity contribution < 1.29 is 37.3 Å². The van der Waals surface area contributed by atoms with E-state index in [9.17, 15) is 14.3 Å². The van der Waals surface area contributed by atoms with Crippen molar-refractivity contribution in [2.45, 2.75) is 174 Å². The number of phosphoric acid groups is 1. The number of ether oxygens (including phenoxy) is 2. The monoisotopic (exact) mass is 742 g/mol. The minimum absolute atomic E-state index is 0.0220. The molecular formula is C42H80NO7P. The smallest absolute Gasteiger partial charge is 0.306 e. The van der Waals surface area contributed by atoms with Gasteiger partial charge >= 0.3 is 5.97 Å². The molecule has 0 rings (SSSR count). The van der Waals surface area contributed by atoms with E-state index in [4.69, 9.17) is 18.5 Å². The van der Waals surface area contributed by atoms with Crippen LogP contribution < -0.4 is 4.89 Å². The number of carbonyl (C=O) groups excluding carboxylic acids is 1. The number of rotatable bonds is 38. The van der Waals surface area contributed by atoms with Crippen LogP contribution in [0.15, 0.2) is 36.5 Å². The molecule has 9 heteroatoms. The summed E-state index contributed by atoms with van der Waals surface area (Å²) < 4.78 is 34.5. The summed E-state index contributed by atoms with van der Waals surface area (Å²) in [6.45, 7) is 5.25. The van der Waals surface area contributed by atoms with Gasteiger partial charge in [-0.25, -0.2) is 0 Å². The Hall–Kier alpha value is -1.28. The van der Waals surface area contributed by atoms with Gasteiger partial charge in [0.05, 0.1) is 34.4 Å². The summed E-state index contributed by atoms with van der Waals surface area (Å²) in [5, 5.41) is 0. The van der Waals surface area contributed by atoms with Gasteiger partial charge < -0.3 is 27.9 Å². The molecule has 0 aliphatic carbocycles. The highest BCUT2D eigenvalue weighted by atomic mass is 31.2. The zero-order chi connectivity index (χ0) is 37.7. The van der Waals surface area contributed by atoms with Crippen molar-refractivity contribution in [3.05, 3.63) is 36.5 Å². The second kappa shape index (κ2) is 35.7. The van der Waals surface area contributed by atoms with Gasteiger partial charge in [-0.05, 0) is 44.9 Å². The number of esters is 1. The normalized spacial score (nSPS) is 14.2. The molecule has 0 fully saturated rings. The number of carbonyl (C=O) groups is 1. The lowest BCUT2D eigenvalue weighted by Crippen LogP contribution is -2.37. The molecule has 0 aliphatic heterocycles. The summed E-state index contributed by atoms with van der Waals surface area (Å²) in [6, 6.07) is 0. The third kappa shape index (κ3) is 39.8. The van der Waals surface area contributed by atoms with Gasteiger partial charge in [0.15, 0.2) is 0 Å². The Kier molecular flexibility index (Phi) is 34.8. The highest BCUT2D eigenvalue weighted by molar-refractivity contribution is 7.45. The Balaban J connectivity index is 4.29. The molecule has 0 aromatic carbocycles. The largest absolute Gasteiger partial charge is 0.756 e. The first-order chi connectivity index (χ1) is 24.6. The van der Waals surface area contributed by atoms with Crippen LogP contribution in [0.3, 0.4) is 0 Å². The molecule has 2 unspecified atom stereocenters. The second-order valence-corrected chi connectivity index (χ2v) is 16.4. The average Bonchev–Trinajstić information content (AvgIpc) is 3.08. The summed E-state index contributed by atoms with van der Waals surface area (Å²) in [6.07, 6.45) is 40.1. The van der Waals surface area contributed by atoms with Gasteiger partial charge in [0.1, 0.15) is 19.3 Å². The van der Waals surface area contributed by atoms with Gasteiger partial charge in [-0.3, -0.25) is 9.36 Å². The maximum absolute atomic E-state index is 12.6. The van der Waals surface area contributed by atoms with E-state index in [1.54, 1.807) is 0 Å². The van der Waals surface area contributed by atoms with Gasteiger partial charge in [0, 0.05) is 13.0 Å². The van der Waals surface area contributed by atoms with Gasteiger partial charge in [-0.15, -0.1) is 0 Å². The average molecular weight is 742 g/mol. The van der Waals surface area contributed by atoms with Crippen molar-refractivity contribution in [2.75, 3.05) is 54.1 Å². The summed E-state index contributed by atoms with van der Waals surface area (Å²) in [5.74, 6) is -0.342. The summed E-state index contributed by atoms with van der Waals surface area (Å²) >= 11 is 0. The Morgan fingerprint density at radius 1 is 0.627 bits per heavy atom. The number of hydrogen-bond acceptors (Lipinski definition) is 7. The topological polar surface area (TPSA) is 94.1 Å². The molecule has 51 heavy (non-hydrogen) atoms. The fourth-order valence-electron chi connectivity index (χ4n) is 5.50. The maximum Gasteiger partial charge on any atom is 0.306 e. The van der Waals surface area contributed by atoms with Gasteiger partial charge in [-0.1, -0.05) is 153 Å². The first kappa shape index (κ1) is 49.7. The molecule has 0 radical (unpaired) electrons. The zero-order valence-corrected chi connectivity index (χ0v) is 34.7. The lowest BCUT2D eigenvalue weighted by atomic mass is 10.0. The van der Waals surface area contributed by atoms with Crippen molar-refractivity contribution in [1.29, 1.82) is 0 Å². The molecule has 0 bridgehead atoms. The Morgan fingerprint density at radius 2 is 1.14 bits per heavy atom. The third-order valence-electron chi connectivity index (χ3n) is 8.71. The van der Waals surface area contributed by atoms with Crippen LogP contribution >= 0.6 is 7.82 Å². The highest BCUT2D eigenvalue weighted by Crippen LogP contribution is 2.38. The van der Waals surface area contributed by atoms with E-state index in [2.05, 4.69) is 50.3 Å². The Bertz CT molecular complexity index is 915. The first-order valence-corrected chi connectivity index (χ1v) is 22.2. The van der Waals surface area contributed by atoms with E-state index in [1.807, 2.05) is 21.1 Å². The number of hydrogen-bond donors (Lipinski definition) is 0. The molecule has 0 spiro atoms. The van der Waals surface area contributed by atoms with Crippen molar-refractivity contribution in [3.63, 3.8) is 0 Å². The molecule has 0 N–H and O–H groups in total. The number of phosphoric ester groups is 1. The molecule has 0 saturated carbocycles. The summed E-state index contributed by atoms with van der Waals surface area (Å²) in [7, 11) is 1.34. The van der Waals surface area contributed by atoms with Gasteiger partial charge in [-0.2, -0.15) is 0 Å². The Morgan fingerprint density at radius 3 is 1.71 bits per heavy atom. The number of nitrogens with zero attached hydrogens (tertiary/aromatic N) is 1. The quantitative estimate of drug-likeness (QED) is 0.0204. The van der Waals surface area contributed by atoms with E-state index >= 15 is 0 Å². The van der Waals surface area contributed by atoms with E-state index in [1.165, 1.54) is 77.0 Å². The predicted octanol–water partition coefficient (Wildman–Crippen LogP) is 11.2. The molecule has 0 heterocycles. The van der Waals surface area contributed by atoms with E-state index < -0.39 is 13.9 Å². The number of quaternary nitrogens is 1. The molecule has 0 amide bonds. The molecule has 0 saturated heterocycles. The van der Waals surface area contributed by atoms with Crippen LogP contribution in [0.25, 0.3) is 0 Å². The standard InChI is InChI=1S/C42H80NO7P/c1-6-8-10-12-14-16-18-20-22-23-25-27-29-31-33-35-42(44)50-41(40-49-51(45,46)48-38-36-43(3,4)5)39-47-37-34-32-30-28-26-24-21-19-17-15-13-11-9-7-2/h9,11,15,17,21,24,41H,6-8,10,12-14,16,18-20,22-23,25-40H2,1-5H3/b11-9-,17-15-,24-21-. The molecule has 0 aromatic heterocycles. The van der Waals surface area contributed by atoms with Crippen LogP contribution in [0.5, 0.6) is 0 Å². The molecule has 8 nitrogen and oxygen atoms in total. The minimum Gasteiger partial charge on any atom is -0.756 e. The molecule has 0 aliphatic rings. The Labute approximate surface area is 315 Å². The lowest BCUT2D eigenvalue weighted by Gasteiger charge is -2.28. The second-order valence-electron chi connectivity index (χ2n) is 15.0. The molecule has 2 atom stereocenters. The van der Waals surface area contributed by atoms with Crippen LogP contribution in [0.4, 0.5) is 0 Å². The minimum atomic E-state index is -4.52. The highest BCUT2D eigenvalue weighted by Gasteiger charge is 2.20. The first-order valence-electron chi connectivity index (χ1n) is 20.7. The fraction of sp³-hybridized carbons (Fsp3) is 0.833. The summed E-state index contributed by atoms with van der Waals surface area (Å²) in [5.41, 5.74) is 0. The van der Waals surface area contributed by atoms with Crippen molar-refractivity contribution in [3.8, 4) is 0 Å². The van der Waals surface area contributed by atoms with Crippen molar-refractivity contribution in [2.24, 2.45) is 0 Å². The molecule has 300 valence electrons. The molecular weight excluding hydrogens is 661 g/mol. The van der Waals surface area contributed by atoms with Crippen molar-refractivity contribution >= 4 is 13.8 Å². The van der Waals surface area contributed by atoms with Crippen LogP contribution in [-0.2, 0) is 27.9 Å². The number of allylic oxidation sites excluding steroid dienone is 6. The van der Waals surface area contributed by atoms with Crippen LogP contribution in [0.1, 0.15) is 168 Å². The predicted molar refractivity (Wildman–Crippen MR) is 213 cm³/mol.